The highest BCUT2D eigenvalue weighted by molar-refractivity contribution is 7.50. The van der Waals surface area contributed by atoms with E-state index in [-0.39, 0.29) is 29.2 Å². The Morgan fingerprint density at radius 1 is 1.02 bits per heavy atom. The van der Waals surface area contributed by atoms with Gasteiger partial charge in [-0.3, -0.25) is 24.0 Å². The summed E-state index contributed by atoms with van der Waals surface area (Å²) in [5.74, 6) is 0.595. The van der Waals surface area contributed by atoms with Gasteiger partial charge in [0.05, 0.1) is 28.7 Å². The van der Waals surface area contributed by atoms with Gasteiger partial charge < -0.3 is 9.84 Å². The highest BCUT2D eigenvalue weighted by atomic mass is 31.2. The van der Waals surface area contributed by atoms with Crippen LogP contribution in [0.25, 0.3) is 0 Å². The summed E-state index contributed by atoms with van der Waals surface area (Å²) in [5.41, 5.74) is 0.710. The van der Waals surface area contributed by atoms with Crippen LogP contribution in [-0.2, 0) is 9.32 Å². The van der Waals surface area contributed by atoms with Crippen molar-refractivity contribution in [1.82, 2.24) is 14.9 Å². The van der Waals surface area contributed by atoms with Gasteiger partial charge in [0, 0.05) is 37.8 Å². The van der Waals surface area contributed by atoms with E-state index in [1.807, 2.05) is 0 Å². The summed E-state index contributed by atoms with van der Waals surface area (Å²) in [6, 6.07) is 10.1. The van der Waals surface area contributed by atoms with E-state index in [9.17, 15) is 19.6 Å². The summed E-state index contributed by atoms with van der Waals surface area (Å²) in [4.78, 5) is 40.7. The average Bonchev–Trinajstić information content (AvgIpc) is 3.29. The average molecular weight is 667 g/mol. The molecule has 8 nitrogen and oxygen atoms in total. The zero-order chi connectivity index (χ0) is 34.0. The van der Waals surface area contributed by atoms with Crippen LogP contribution in [-0.4, -0.2) is 64.7 Å². The predicted octanol–water partition coefficient (Wildman–Crippen LogP) is 8.47. The maximum Gasteiger partial charge on any atom is 0.261 e. The van der Waals surface area contributed by atoms with Crippen molar-refractivity contribution in [3.63, 3.8) is 0 Å². The monoisotopic (exact) mass is 666 g/mol. The number of hydrogen-bond acceptors (Lipinski definition) is 6. The third kappa shape index (κ3) is 8.83. The van der Waals surface area contributed by atoms with Crippen molar-refractivity contribution < 1.29 is 18.9 Å². The van der Waals surface area contributed by atoms with Crippen LogP contribution >= 0.6 is 8.30 Å². The second-order valence-electron chi connectivity index (χ2n) is 14.5. The quantitative estimate of drug-likeness (QED) is 0.0958. The van der Waals surface area contributed by atoms with Crippen LogP contribution in [0.2, 0.25) is 0 Å². The summed E-state index contributed by atoms with van der Waals surface area (Å²) in [6.07, 6.45) is 14.4. The molecule has 47 heavy (non-hydrogen) atoms. The van der Waals surface area contributed by atoms with Crippen molar-refractivity contribution in [3.05, 3.63) is 35.4 Å². The molecule has 0 radical (unpaired) electrons. The minimum absolute atomic E-state index is 0.161. The summed E-state index contributed by atoms with van der Waals surface area (Å²) >= 11 is 0. The van der Waals surface area contributed by atoms with E-state index >= 15 is 0 Å². The van der Waals surface area contributed by atoms with Crippen molar-refractivity contribution in [1.29, 1.82) is 5.26 Å². The lowest BCUT2D eigenvalue weighted by Crippen LogP contribution is -2.55. The SMILES string of the molecule is CCC[C@H]1C(OP(CCCC#N)N(C(C)C)C(C)C)CC[C@@]2(C(=O)NCCCCCCN3C(=O)c4ccccc4C3=O)CCCC[C@H]12. The maximum atomic E-state index is 14.1. The Labute approximate surface area is 285 Å². The maximum absolute atomic E-state index is 14.1. The Kier molecular flexibility index (Phi) is 14.3. The van der Waals surface area contributed by atoms with Gasteiger partial charge >= 0.3 is 0 Å². The third-order valence-corrected chi connectivity index (χ3v) is 13.4. The van der Waals surface area contributed by atoms with Gasteiger partial charge in [0.25, 0.3) is 11.8 Å². The van der Waals surface area contributed by atoms with Crippen molar-refractivity contribution >= 4 is 26.0 Å². The topological polar surface area (TPSA) is 103 Å². The lowest BCUT2D eigenvalue weighted by atomic mass is 9.54. The largest absolute Gasteiger partial charge is 0.356 e. The lowest BCUT2D eigenvalue weighted by molar-refractivity contribution is -0.147. The molecule has 0 saturated heterocycles. The van der Waals surface area contributed by atoms with Crippen LogP contribution in [0.4, 0.5) is 0 Å². The van der Waals surface area contributed by atoms with Gasteiger partial charge in [-0.1, -0.05) is 51.2 Å². The number of rotatable bonds is 18. The minimum atomic E-state index is -0.827. The number of amides is 3. The smallest absolute Gasteiger partial charge is 0.261 e. The second-order valence-corrected chi connectivity index (χ2v) is 16.4. The molecule has 2 fully saturated rings. The fourth-order valence-corrected chi connectivity index (χ4v) is 11.2. The summed E-state index contributed by atoms with van der Waals surface area (Å²) in [5, 5.41) is 12.6. The zero-order valence-electron chi connectivity index (χ0n) is 29.6. The molecule has 9 heteroatoms. The molecule has 2 saturated carbocycles. The van der Waals surface area contributed by atoms with Gasteiger partial charge in [-0.15, -0.1) is 0 Å². The number of nitrogens with one attached hydrogen (secondary N) is 1. The Hall–Kier alpha value is -2.33. The first-order valence-electron chi connectivity index (χ1n) is 18.5. The second kappa shape index (κ2) is 17.9. The Balaban J connectivity index is 1.31. The van der Waals surface area contributed by atoms with Gasteiger partial charge in [-0.2, -0.15) is 5.26 Å². The number of nitrogens with zero attached hydrogens (tertiary/aromatic N) is 3. The fraction of sp³-hybridized carbons (Fsp3) is 0.737. The summed E-state index contributed by atoms with van der Waals surface area (Å²) in [6.45, 7) is 12.4. The van der Waals surface area contributed by atoms with Crippen LogP contribution in [0.5, 0.6) is 0 Å². The molecule has 0 spiro atoms. The fourth-order valence-electron chi connectivity index (χ4n) is 8.67. The molecular weight excluding hydrogens is 607 g/mol. The van der Waals surface area contributed by atoms with E-state index in [1.54, 1.807) is 24.3 Å². The number of hydrogen-bond donors (Lipinski definition) is 1. The first kappa shape index (κ1) is 37.5. The van der Waals surface area contributed by atoms with E-state index in [1.165, 1.54) is 11.3 Å². The summed E-state index contributed by atoms with van der Waals surface area (Å²) < 4.78 is 9.70. The summed E-state index contributed by atoms with van der Waals surface area (Å²) in [7, 11) is -0.827. The normalized spacial score (nSPS) is 24.8. The van der Waals surface area contributed by atoms with Crippen molar-refractivity contribution in [2.75, 3.05) is 19.3 Å². The van der Waals surface area contributed by atoms with Crippen molar-refractivity contribution in [2.45, 2.75) is 143 Å². The van der Waals surface area contributed by atoms with Crippen LogP contribution < -0.4 is 5.32 Å². The molecule has 1 heterocycles. The molecule has 1 N–H and O–H groups in total. The van der Waals surface area contributed by atoms with E-state index in [0.29, 0.717) is 54.6 Å². The molecular formula is C38H59N4O4P. The molecule has 2 unspecified atom stereocenters. The van der Waals surface area contributed by atoms with Crippen LogP contribution in [0.1, 0.15) is 145 Å². The number of carbonyl (C=O) groups excluding carboxylic acids is 3. The van der Waals surface area contributed by atoms with Gasteiger partial charge in [0.2, 0.25) is 5.91 Å². The number of unbranched alkanes of at least 4 members (excludes halogenated alkanes) is 4. The van der Waals surface area contributed by atoms with Crippen LogP contribution in [0.3, 0.4) is 0 Å². The molecule has 1 aliphatic heterocycles. The molecule has 0 aromatic heterocycles. The van der Waals surface area contributed by atoms with Gasteiger partial charge in [-0.25, -0.2) is 0 Å². The standard InChI is InChI=1S/C38H59N4O4P/c1-6-17-32-33-20-11-12-22-38(33,23-21-34(32)46-47(27-16-13-24-39)42(28(2)3)29(4)5)37(45)40-25-14-7-8-15-26-41-35(43)30-18-9-10-19-31(30)36(41)44/h9-10,18-19,28-29,32-34H,6-8,11-17,20-23,25-27H2,1-5H3,(H,40,45)/t32-,33-,34?,38+,47?/m1/s1. The van der Waals surface area contributed by atoms with Crippen molar-refractivity contribution in [3.8, 4) is 6.07 Å². The number of benzene rings is 1. The molecule has 3 amide bonds. The Morgan fingerprint density at radius 3 is 2.34 bits per heavy atom. The minimum Gasteiger partial charge on any atom is -0.356 e. The van der Waals surface area contributed by atoms with Crippen LogP contribution in [0.15, 0.2) is 24.3 Å². The van der Waals surface area contributed by atoms with E-state index in [4.69, 9.17) is 4.52 Å². The number of imide groups is 1. The van der Waals surface area contributed by atoms with Crippen LogP contribution in [0, 0.1) is 28.6 Å². The number of nitriles is 1. The predicted molar refractivity (Wildman–Crippen MR) is 189 cm³/mol. The molecule has 0 bridgehead atoms. The van der Waals surface area contributed by atoms with Gasteiger partial charge in [0.15, 0.2) is 0 Å². The van der Waals surface area contributed by atoms with E-state index < -0.39 is 8.30 Å². The van der Waals surface area contributed by atoms with Crippen molar-refractivity contribution in [2.24, 2.45) is 17.3 Å². The Morgan fingerprint density at radius 2 is 1.70 bits per heavy atom. The first-order valence-corrected chi connectivity index (χ1v) is 19.9. The zero-order valence-corrected chi connectivity index (χ0v) is 30.5. The molecule has 1 aromatic carbocycles. The molecule has 2 aliphatic carbocycles. The molecule has 3 aliphatic rings. The highest BCUT2D eigenvalue weighted by Gasteiger charge is 2.54. The lowest BCUT2D eigenvalue weighted by Gasteiger charge is -2.53. The highest BCUT2D eigenvalue weighted by Crippen LogP contribution is 2.58. The van der Waals surface area contributed by atoms with E-state index in [2.05, 4.69) is 50.7 Å². The molecule has 1 aromatic rings. The molecule has 5 atom stereocenters. The number of carbonyl (C=O) groups is 3. The van der Waals surface area contributed by atoms with E-state index in [0.717, 1.165) is 83.2 Å². The third-order valence-electron chi connectivity index (χ3n) is 10.7. The first-order chi connectivity index (χ1) is 22.7. The number of fused-ring (bicyclic) bond motifs is 2. The molecule has 260 valence electrons. The van der Waals surface area contributed by atoms with Gasteiger partial charge in [-0.05, 0) is 103 Å². The van der Waals surface area contributed by atoms with Gasteiger partial charge in [0.1, 0.15) is 8.30 Å². The Bertz CT molecular complexity index is 1210. The molecule has 4 rings (SSSR count).